The second kappa shape index (κ2) is 11.9. The van der Waals surface area contributed by atoms with E-state index < -0.39 is 36.1 Å². The zero-order valence-electron chi connectivity index (χ0n) is 21.7. The van der Waals surface area contributed by atoms with E-state index in [9.17, 15) is 9.59 Å². The number of carbonyl (C=O) groups is 2. The molecule has 1 aromatic heterocycles. The molecule has 10 heteroatoms. The Labute approximate surface area is 213 Å². The molecule has 2 atom stereocenters. The first-order valence-corrected chi connectivity index (χ1v) is 12.1. The summed E-state index contributed by atoms with van der Waals surface area (Å²) in [6.07, 6.45) is 3.81. The lowest BCUT2D eigenvalue weighted by molar-refractivity contribution is -0.127. The van der Waals surface area contributed by atoms with Gasteiger partial charge in [-0.1, -0.05) is 18.2 Å². The zero-order chi connectivity index (χ0) is 26.3. The van der Waals surface area contributed by atoms with Gasteiger partial charge in [-0.05, 0) is 57.9 Å². The highest BCUT2D eigenvalue weighted by molar-refractivity contribution is 6.48. The Bertz CT molecular complexity index is 1020. The van der Waals surface area contributed by atoms with Crippen molar-refractivity contribution in [2.45, 2.75) is 57.7 Å². The molecule has 0 unspecified atom stereocenters. The summed E-state index contributed by atoms with van der Waals surface area (Å²) in [6.45, 7) is 8.43. The number of methoxy groups -OCH3 is 1. The normalized spacial score (nSPS) is 17.9. The Balaban J connectivity index is 1.74. The van der Waals surface area contributed by atoms with Crippen LogP contribution in [0, 0.1) is 5.92 Å². The molecular formula is C26H36BN3O6. The summed E-state index contributed by atoms with van der Waals surface area (Å²) >= 11 is 0. The Morgan fingerprint density at radius 1 is 1.11 bits per heavy atom. The fourth-order valence-corrected chi connectivity index (χ4v) is 3.90. The highest BCUT2D eigenvalue weighted by Gasteiger charge is 2.54. The first-order valence-electron chi connectivity index (χ1n) is 12.1. The molecular weight excluding hydrogens is 461 g/mol. The molecule has 0 aliphatic carbocycles. The minimum atomic E-state index is -0.652. The SMILES string of the molecule is COC[C@@H](Cc1cncc(C(N)=O)c1)C(=O)N[C@@H](CCOc1ccccc1)B1OC(C)(C)C(C)(C)O1. The highest BCUT2D eigenvalue weighted by atomic mass is 16.7. The van der Waals surface area contributed by atoms with E-state index in [2.05, 4.69) is 10.3 Å². The van der Waals surface area contributed by atoms with Crippen LogP contribution in [0.4, 0.5) is 0 Å². The van der Waals surface area contributed by atoms with Gasteiger partial charge >= 0.3 is 7.12 Å². The van der Waals surface area contributed by atoms with Crippen LogP contribution < -0.4 is 15.8 Å². The summed E-state index contributed by atoms with van der Waals surface area (Å²) in [6, 6.07) is 11.1. The van der Waals surface area contributed by atoms with Crippen LogP contribution in [-0.2, 0) is 25.3 Å². The molecule has 1 aromatic carbocycles. The van der Waals surface area contributed by atoms with Gasteiger partial charge < -0.3 is 29.8 Å². The number of nitrogens with one attached hydrogen (secondary N) is 1. The first-order chi connectivity index (χ1) is 17.0. The summed E-state index contributed by atoms with van der Waals surface area (Å²) < 4.78 is 23.7. The van der Waals surface area contributed by atoms with E-state index in [-0.39, 0.29) is 18.1 Å². The minimum Gasteiger partial charge on any atom is -0.494 e. The maximum atomic E-state index is 13.4. The number of nitrogens with two attached hydrogens (primary N) is 1. The smallest absolute Gasteiger partial charge is 0.481 e. The molecule has 0 spiro atoms. The Kier molecular flexibility index (Phi) is 9.11. The maximum absolute atomic E-state index is 13.4. The lowest BCUT2D eigenvalue weighted by atomic mass is 9.76. The number of amides is 2. The molecule has 0 saturated carbocycles. The second-order valence-corrected chi connectivity index (χ2v) is 9.99. The van der Waals surface area contributed by atoms with Crippen LogP contribution in [0.25, 0.3) is 0 Å². The third-order valence-electron chi connectivity index (χ3n) is 6.67. The number of pyridine rings is 1. The summed E-state index contributed by atoms with van der Waals surface area (Å²) in [4.78, 5) is 29.0. The number of ether oxygens (including phenoxy) is 2. The minimum absolute atomic E-state index is 0.184. The second-order valence-electron chi connectivity index (χ2n) is 9.99. The van der Waals surface area contributed by atoms with Crippen molar-refractivity contribution in [3.63, 3.8) is 0 Å². The van der Waals surface area contributed by atoms with Crippen LogP contribution in [-0.4, -0.2) is 61.4 Å². The lowest BCUT2D eigenvalue weighted by Gasteiger charge is -2.32. The molecule has 194 valence electrons. The molecule has 2 heterocycles. The number of benzene rings is 1. The Morgan fingerprint density at radius 3 is 2.39 bits per heavy atom. The van der Waals surface area contributed by atoms with Gasteiger partial charge in [-0.15, -0.1) is 0 Å². The van der Waals surface area contributed by atoms with E-state index in [1.807, 2.05) is 58.0 Å². The zero-order valence-corrected chi connectivity index (χ0v) is 21.7. The molecule has 1 aliphatic rings. The molecule has 9 nitrogen and oxygen atoms in total. The number of nitrogens with zero attached hydrogens (tertiary/aromatic N) is 1. The molecule has 3 N–H and O–H groups in total. The molecule has 3 rings (SSSR count). The van der Waals surface area contributed by atoms with Crippen molar-refractivity contribution in [1.82, 2.24) is 10.3 Å². The van der Waals surface area contributed by atoms with E-state index >= 15 is 0 Å². The van der Waals surface area contributed by atoms with Crippen molar-refractivity contribution in [2.24, 2.45) is 11.7 Å². The molecule has 0 bridgehead atoms. The van der Waals surface area contributed by atoms with Crippen molar-refractivity contribution in [3.05, 3.63) is 59.9 Å². The third kappa shape index (κ3) is 7.06. The van der Waals surface area contributed by atoms with Crippen LogP contribution in [0.2, 0.25) is 0 Å². The topological polar surface area (TPSA) is 122 Å². The lowest BCUT2D eigenvalue weighted by Crippen LogP contribution is -2.51. The average molecular weight is 497 g/mol. The molecule has 1 saturated heterocycles. The van der Waals surface area contributed by atoms with Crippen molar-refractivity contribution in [3.8, 4) is 5.75 Å². The predicted octanol–water partition coefficient (Wildman–Crippen LogP) is 2.57. The molecule has 1 fully saturated rings. The van der Waals surface area contributed by atoms with Crippen LogP contribution in [0.1, 0.15) is 50.0 Å². The van der Waals surface area contributed by atoms with Gasteiger partial charge in [0.25, 0.3) is 0 Å². The monoisotopic (exact) mass is 497 g/mol. The van der Waals surface area contributed by atoms with Gasteiger partial charge in [0, 0.05) is 25.9 Å². The summed E-state index contributed by atoms with van der Waals surface area (Å²) in [7, 11) is 0.888. The van der Waals surface area contributed by atoms with Crippen molar-refractivity contribution >= 4 is 18.9 Å². The number of hydrogen-bond donors (Lipinski definition) is 2. The summed E-state index contributed by atoms with van der Waals surface area (Å²) in [5, 5.41) is 3.10. The number of carbonyl (C=O) groups excluding carboxylic acids is 2. The van der Waals surface area contributed by atoms with E-state index in [1.54, 1.807) is 12.3 Å². The van der Waals surface area contributed by atoms with Crippen LogP contribution >= 0.6 is 0 Å². The fraction of sp³-hybridized carbons (Fsp3) is 0.500. The summed E-state index contributed by atoms with van der Waals surface area (Å²) in [5.41, 5.74) is 5.28. The third-order valence-corrected chi connectivity index (χ3v) is 6.67. The number of rotatable bonds is 12. The standard InChI is InChI=1S/C26H36BN3O6/c1-25(2)26(3,4)36-27(35-25)22(11-12-34-21-9-7-6-8-10-21)30-24(32)20(17-33-5)14-18-13-19(23(28)31)16-29-15-18/h6-10,13,15-16,20,22H,11-12,14,17H2,1-5H3,(H2,28,31)(H,30,32)/t20-,22+/m1/s1. The van der Waals surface area contributed by atoms with E-state index in [4.69, 9.17) is 24.5 Å². The molecule has 0 radical (unpaired) electrons. The van der Waals surface area contributed by atoms with Crippen molar-refractivity contribution in [2.75, 3.05) is 20.3 Å². The van der Waals surface area contributed by atoms with Gasteiger partial charge in [0.2, 0.25) is 11.8 Å². The largest absolute Gasteiger partial charge is 0.494 e. The average Bonchev–Trinajstić information content (AvgIpc) is 3.05. The van der Waals surface area contributed by atoms with E-state index in [0.717, 1.165) is 5.75 Å². The molecule has 1 aliphatic heterocycles. The maximum Gasteiger partial charge on any atom is 0.481 e. The van der Waals surface area contributed by atoms with Gasteiger partial charge in [-0.25, -0.2) is 0 Å². The number of aromatic nitrogens is 1. The van der Waals surface area contributed by atoms with Crippen molar-refractivity contribution in [1.29, 1.82) is 0 Å². The molecule has 2 aromatic rings. The van der Waals surface area contributed by atoms with Crippen LogP contribution in [0.15, 0.2) is 48.8 Å². The van der Waals surface area contributed by atoms with Crippen molar-refractivity contribution < 1.29 is 28.4 Å². The number of hydrogen-bond acceptors (Lipinski definition) is 7. The number of primary amides is 1. The summed E-state index contributed by atoms with van der Waals surface area (Å²) in [5.74, 6) is -1.04. The van der Waals surface area contributed by atoms with Gasteiger partial charge in [-0.3, -0.25) is 14.6 Å². The van der Waals surface area contributed by atoms with Gasteiger partial charge in [-0.2, -0.15) is 0 Å². The fourth-order valence-electron chi connectivity index (χ4n) is 3.90. The Hall–Kier alpha value is -2.95. The molecule has 36 heavy (non-hydrogen) atoms. The van der Waals surface area contributed by atoms with Crippen LogP contribution in [0.3, 0.4) is 0 Å². The van der Waals surface area contributed by atoms with E-state index in [1.165, 1.54) is 13.3 Å². The van der Waals surface area contributed by atoms with Gasteiger partial charge in [0.15, 0.2) is 0 Å². The quantitative estimate of drug-likeness (QED) is 0.432. The first kappa shape index (κ1) is 27.6. The Morgan fingerprint density at radius 2 is 1.78 bits per heavy atom. The van der Waals surface area contributed by atoms with E-state index in [0.29, 0.717) is 25.0 Å². The predicted molar refractivity (Wildman–Crippen MR) is 136 cm³/mol. The number of para-hydroxylation sites is 1. The van der Waals surface area contributed by atoms with Gasteiger partial charge in [0.1, 0.15) is 5.75 Å². The van der Waals surface area contributed by atoms with Gasteiger partial charge in [0.05, 0.1) is 41.8 Å². The molecule has 2 amide bonds. The van der Waals surface area contributed by atoms with Crippen LogP contribution in [0.5, 0.6) is 5.75 Å². The highest BCUT2D eigenvalue weighted by Crippen LogP contribution is 2.38.